The summed E-state index contributed by atoms with van der Waals surface area (Å²) < 4.78 is 0. The highest BCUT2D eigenvalue weighted by Crippen LogP contribution is 2.42. The number of carboxylic acids is 1. The summed E-state index contributed by atoms with van der Waals surface area (Å²) >= 11 is 0. The number of rotatable bonds is 6. The lowest BCUT2D eigenvalue weighted by Gasteiger charge is -2.35. The number of carboxylic acid groups (broad SMARTS) is 1. The number of aliphatic carboxylic acids is 1. The first-order valence-corrected chi connectivity index (χ1v) is 7.23. The Morgan fingerprint density at radius 2 is 1.84 bits per heavy atom. The predicted octanol–water partition coefficient (Wildman–Crippen LogP) is 1.93. The summed E-state index contributed by atoms with van der Waals surface area (Å²) in [6.07, 6.45) is 6.15. The molecule has 0 aliphatic heterocycles. The van der Waals surface area contributed by atoms with Crippen LogP contribution in [0.4, 0.5) is 4.79 Å². The smallest absolute Gasteiger partial charge is 0.317 e. The van der Waals surface area contributed by atoms with E-state index in [1.165, 1.54) is 37.0 Å². The van der Waals surface area contributed by atoms with Crippen LogP contribution in [0.3, 0.4) is 0 Å². The molecular weight excluding hydrogens is 244 g/mol. The van der Waals surface area contributed by atoms with Gasteiger partial charge in [-0.3, -0.25) is 4.79 Å². The summed E-state index contributed by atoms with van der Waals surface area (Å²) in [5.74, 6) is -0.0995. The molecule has 2 aliphatic rings. The second kappa shape index (κ2) is 5.80. The third-order valence-electron chi connectivity index (χ3n) is 4.39. The molecule has 0 saturated heterocycles. The zero-order valence-corrected chi connectivity index (χ0v) is 11.8. The molecule has 2 amide bonds. The van der Waals surface area contributed by atoms with Gasteiger partial charge in [-0.1, -0.05) is 13.3 Å². The first-order valence-electron chi connectivity index (χ1n) is 7.23. The predicted molar refractivity (Wildman–Crippen MR) is 71.8 cm³/mol. The lowest BCUT2D eigenvalue weighted by molar-refractivity contribution is -0.141. The van der Waals surface area contributed by atoms with Crippen molar-refractivity contribution in [3.63, 3.8) is 0 Å². The van der Waals surface area contributed by atoms with Gasteiger partial charge in [-0.25, -0.2) is 4.79 Å². The first-order chi connectivity index (χ1) is 8.99. The van der Waals surface area contributed by atoms with Crippen molar-refractivity contribution in [3.8, 4) is 0 Å². The van der Waals surface area contributed by atoms with Crippen molar-refractivity contribution < 1.29 is 14.7 Å². The van der Waals surface area contributed by atoms with Gasteiger partial charge in [-0.05, 0) is 37.5 Å². The van der Waals surface area contributed by atoms with Crippen LogP contribution in [-0.4, -0.2) is 41.6 Å². The zero-order valence-electron chi connectivity index (χ0n) is 11.8. The lowest BCUT2D eigenvalue weighted by Crippen LogP contribution is -2.50. The maximum Gasteiger partial charge on any atom is 0.317 e. The zero-order chi connectivity index (χ0) is 14.0. The van der Waals surface area contributed by atoms with Crippen molar-refractivity contribution in [2.75, 3.05) is 13.6 Å². The lowest BCUT2D eigenvalue weighted by atomic mass is 9.78. The van der Waals surface area contributed by atoms with E-state index in [1.54, 1.807) is 14.0 Å². The second-order valence-electron chi connectivity index (χ2n) is 6.12. The molecule has 2 unspecified atom stereocenters. The monoisotopic (exact) mass is 268 g/mol. The number of carbonyl (C=O) groups is 2. The molecule has 2 rings (SSSR count). The molecule has 0 aromatic carbocycles. The Hall–Kier alpha value is -1.26. The molecule has 5 nitrogen and oxygen atoms in total. The quantitative estimate of drug-likeness (QED) is 0.773. The van der Waals surface area contributed by atoms with Crippen LogP contribution in [0.15, 0.2) is 0 Å². The molecule has 0 bridgehead atoms. The summed E-state index contributed by atoms with van der Waals surface area (Å²) in [6, 6.07) is 0.181. The van der Waals surface area contributed by atoms with Crippen LogP contribution in [-0.2, 0) is 4.79 Å². The van der Waals surface area contributed by atoms with Crippen molar-refractivity contribution in [1.82, 2.24) is 10.2 Å². The van der Waals surface area contributed by atoms with Crippen LogP contribution in [0, 0.1) is 17.8 Å². The molecular formula is C14H24N2O3. The third-order valence-corrected chi connectivity index (χ3v) is 4.39. The Bertz CT molecular complexity index is 351. The Kier molecular flexibility index (Phi) is 4.32. The van der Waals surface area contributed by atoms with E-state index in [0.717, 1.165) is 0 Å². The van der Waals surface area contributed by atoms with Crippen LogP contribution in [0.1, 0.15) is 39.0 Å². The van der Waals surface area contributed by atoms with E-state index >= 15 is 0 Å². The van der Waals surface area contributed by atoms with E-state index in [1.807, 2.05) is 0 Å². The number of hydrogen-bond donors (Lipinski definition) is 2. The van der Waals surface area contributed by atoms with Gasteiger partial charge in [-0.2, -0.15) is 0 Å². The Balaban J connectivity index is 1.82. The van der Waals surface area contributed by atoms with Gasteiger partial charge in [0, 0.05) is 19.6 Å². The largest absolute Gasteiger partial charge is 0.481 e. The minimum absolute atomic E-state index is 0.128. The van der Waals surface area contributed by atoms with Crippen molar-refractivity contribution >= 4 is 12.0 Å². The van der Waals surface area contributed by atoms with Crippen molar-refractivity contribution in [2.45, 2.75) is 45.1 Å². The minimum Gasteiger partial charge on any atom is -0.481 e. The molecule has 0 spiro atoms. The fourth-order valence-electron chi connectivity index (χ4n) is 2.70. The molecule has 0 radical (unpaired) electrons. The molecule has 2 aliphatic carbocycles. The highest BCUT2D eigenvalue weighted by molar-refractivity contribution is 5.76. The molecule has 0 aromatic heterocycles. The van der Waals surface area contributed by atoms with Gasteiger partial charge in [0.05, 0.1) is 5.92 Å². The molecule has 0 aromatic rings. The van der Waals surface area contributed by atoms with Crippen molar-refractivity contribution in [2.24, 2.45) is 17.8 Å². The average Bonchev–Trinajstić information content (AvgIpc) is 3.08. The average molecular weight is 268 g/mol. The van der Waals surface area contributed by atoms with Crippen LogP contribution in [0.25, 0.3) is 0 Å². The number of hydrogen-bond acceptors (Lipinski definition) is 2. The van der Waals surface area contributed by atoms with E-state index in [0.29, 0.717) is 17.9 Å². The molecule has 2 atom stereocenters. The molecule has 108 valence electrons. The fraction of sp³-hybridized carbons (Fsp3) is 0.857. The van der Waals surface area contributed by atoms with Crippen LogP contribution >= 0.6 is 0 Å². The van der Waals surface area contributed by atoms with Crippen molar-refractivity contribution in [3.05, 3.63) is 0 Å². The van der Waals surface area contributed by atoms with Gasteiger partial charge >= 0.3 is 12.0 Å². The van der Waals surface area contributed by atoms with Crippen LogP contribution in [0.5, 0.6) is 0 Å². The van der Waals surface area contributed by atoms with Gasteiger partial charge in [-0.15, -0.1) is 0 Å². The fourth-order valence-corrected chi connectivity index (χ4v) is 2.70. The molecule has 2 fully saturated rings. The highest BCUT2D eigenvalue weighted by atomic mass is 16.4. The van der Waals surface area contributed by atoms with Gasteiger partial charge in [0.15, 0.2) is 0 Å². The SMILES string of the molecule is CC(CN(C)C(=O)NC(C1CCC1)C1CC1)C(=O)O. The topological polar surface area (TPSA) is 69.6 Å². The van der Waals surface area contributed by atoms with E-state index in [4.69, 9.17) is 5.11 Å². The molecule has 2 N–H and O–H groups in total. The number of nitrogens with one attached hydrogen (secondary N) is 1. The van der Waals surface area contributed by atoms with Crippen LogP contribution in [0.2, 0.25) is 0 Å². The molecule has 2 saturated carbocycles. The maximum absolute atomic E-state index is 12.1. The molecule has 5 heteroatoms. The summed E-state index contributed by atoms with van der Waals surface area (Å²) in [5.41, 5.74) is 0. The Morgan fingerprint density at radius 3 is 2.26 bits per heavy atom. The summed E-state index contributed by atoms with van der Waals surface area (Å²) in [5, 5.41) is 12.0. The number of nitrogens with zero attached hydrogens (tertiary/aromatic N) is 1. The standard InChI is InChI=1S/C14H24N2O3/c1-9(13(17)18)8-16(2)14(19)15-12(11-6-7-11)10-4-3-5-10/h9-12H,3-8H2,1-2H3,(H,15,19)(H,17,18). The first kappa shape index (κ1) is 14.2. The number of urea groups is 1. The van der Waals surface area contributed by atoms with Gasteiger partial charge in [0.25, 0.3) is 0 Å². The van der Waals surface area contributed by atoms with Gasteiger partial charge in [0.1, 0.15) is 0 Å². The Morgan fingerprint density at radius 1 is 1.26 bits per heavy atom. The number of amides is 2. The van der Waals surface area contributed by atoms with Crippen molar-refractivity contribution in [1.29, 1.82) is 0 Å². The minimum atomic E-state index is -0.864. The van der Waals surface area contributed by atoms with E-state index < -0.39 is 11.9 Å². The maximum atomic E-state index is 12.1. The summed E-state index contributed by atoms with van der Waals surface area (Å²) in [4.78, 5) is 24.4. The van der Waals surface area contributed by atoms with E-state index in [-0.39, 0.29) is 12.6 Å². The number of carbonyl (C=O) groups excluding carboxylic acids is 1. The Labute approximate surface area is 114 Å². The molecule has 0 heterocycles. The van der Waals surface area contributed by atoms with E-state index in [9.17, 15) is 9.59 Å². The highest BCUT2D eigenvalue weighted by Gasteiger charge is 2.40. The van der Waals surface area contributed by atoms with Gasteiger partial charge in [0.2, 0.25) is 0 Å². The van der Waals surface area contributed by atoms with E-state index in [2.05, 4.69) is 5.32 Å². The van der Waals surface area contributed by atoms with Crippen LogP contribution < -0.4 is 5.32 Å². The summed E-state index contributed by atoms with van der Waals surface area (Å²) in [7, 11) is 1.67. The third kappa shape index (κ3) is 3.61. The van der Waals surface area contributed by atoms with Gasteiger partial charge < -0.3 is 15.3 Å². The second-order valence-corrected chi connectivity index (χ2v) is 6.12. The summed E-state index contributed by atoms with van der Waals surface area (Å²) in [6.45, 7) is 1.87. The normalized spacial score (nSPS) is 22.2. The molecule has 19 heavy (non-hydrogen) atoms.